The molecule has 0 bridgehead atoms. The summed E-state index contributed by atoms with van der Waals surface area (Å²) in [6, 6.07) is 0.520. The minimum atomic E-state index is -2.83. The van der Waals surface area contributed by atoms with Crippen LogP contribution in [0.25, 0.3) is 0 Å². The third kappa shape index (κ3) is 4.35. The highest BCUT2D eigenvalue weighted by Gasteiger charge is 2.42. The predicted octanol–water partition coefficient (Wildman–Crippen LogP) is 1.81. The summed E-state index contributed by atoms with van der Waals surface area (Å²) in [7, 11) is -2.83. The molecule has 2 unspecified atom stereocenters. The highest BCUT2D eigenvalue weighted by molar-refractivity contribution is 7.91. The van der Waals surface area contributed by atoms with Crippen LogP contribution in [0.5, 0.6) is 0 Å². The lowest BCUT2D eigenvalue weighted by atomic mass is 9.87. The van der Waals surface area contributed by atoms with Crippen LogP contribution in [-0.2, 0) is 14.6 Å². The number of sulfone groups is 1. The number of guanidine groups is 1. The fraction of sp³-hybridized carbons (Fsp3) is 0.947. The van der Waals surface area contributed by atoms with E-state index in [-0.39, 0.29) is 5.92 Å². The van der Waals surface area contributed by atoms with Gasteiger partial charge in [0.2, 0.25) is 0 Å². The normalized spacial score (nSPS) is 35.5. The first kappa shape index (κ1) is 18.5. The van der Waals surface area contributed by atoms with Gasteiger partial charge in [0.15, 0.2) is 15.8 Å². The summed E-state index contributed by atoms with van der Waals surface area (Å²) in [5.74, 6) is 1.85. The zero-order chi connectivity index (χ0) is 18.0. The number of ether oxygens (including phenoxy) is 1. The monoisotopic (exact) mass is 383 g/mol. The maximum absolute atomic E-state index is 11.7. The summed E-state index contributed by atoms with van der Waals surface area (Å²) in [6.45, 7) is 4.45. The summed E-state index contributed by atoms with van der Waals surface area (Å²) in [4.78, 5) is 7.34. The lowest BCUT2D eigenvalue weighted by Crippen LogP contribution is -2.46. The van der Waals surface area contributed by atoms with Gasteiger partial charge in [-0.2, -0.15) is 0 Å². The number of hydrogen-bond acceptors (Lipinski definition) is 4. The molecule has 4 rings (SSSR count). The molecule has 26 heavy (non-hydrogen) atoms. The molecule has 0 amide bonds. The maximum atomic E-state index is 11.7. The van der Waals surface area contributed by atoms with E-state index in [2.05, 4.69) is 10.2 Å². The smallest absolute Gasteiger partial charge is 0.194 e. The molecule has 3 heterocycles. The molecule has 3 aliphatic heterocycles. The molecule has 1 aliphatic carbocycles. The van der Waals surface area contributed by atoms with Crippen LogP contribution < -0.4 is 5.32 Å². The van der Waals surface area contributed by atoms with Crippen LogP contribution in [0.15, 0.2) is 4.99 Å². The number of likely N-dealkylation sites (tertiary alicyclic amines) is 1. The van der Waals surface area contributed by atoms with Crippen molar-refractivity contribution in [3.8, 4) is 0 Å². The second kappa shape index (κ2) is 7.66. The van der Waals surface area contributed by atoms with E-state index in [1.807, 2.05) is 0 Å². The molecule has 7 heteroatoms. The van der Waals surface area contributed by atoms with Gasteiger partial charge in [-0.25, -0.2) is 8.42 Å². The van der Waals surface area contributed by atoms with Crippen molar-refractivity contribution in [2.75, 3.05) is 44.4 Å². The molecule has 0 radical (unpaired) electrons. The predicted molar refractivity (Wildman–Crippen MR) is 103 cm³/mol. The first-order valence-corrected chi connectivity index (χ1v) is 12.2. The molecule has 1 saturated carbocycles. The van der Waals surface area contributed by atoms with Crippen molar-refractivity contribution in [3.05, 3.63) is 0 Å². The molecule has 148 valence electrons. The van der Waals surface area contributed by atoms with Crippen LogP contribution in [0.1, 0.15) is 51.4 Å². The Balaban J connectivity index is 1.43. The number of nitrogens with one attached hydrogen (secondary N) is 1. The molecule has 3 saturated heterocycles. The van der Waals surface area contributed by atoms with Crippen LogP contribution in [0.4, 0.5) is 0 Å². The minimum absolute atomic E-state index is 0.189. The molecule has 6 nitrogen and oxygen atoms in total. The Morgan fingerprint density at radius 2 is 2.04 bits per heavy atom. The zero-order valence-electron chi connectivity index (χ0n) is 15.8. The van der Waals surface area contributed by atoms with Crippen LogP contribution in [0.3, 0.4) is 0 Å². The molecule has 4 aliphatic rings. The second-order valence-electron chi connectivity index (χ2n) is 8.89. The van der Waals surface area contributed by atoms with Gasteiger partial charge in [0.25, 0.3) is 0 Å². The largest absolute Gasteiger partial charge is 0.381 e. The fourth-order valence-electron chi connectivity index (χ4n) is 4.99. The van der Waals surface area contributed by atoms with Crippen LogP contribution in [-0.4, -0.2) is 69.7 Å². The Kier molecular flexibility index (Phi) is 5.46. The van der Waals surface area contributed by atoms with Crippen LogP contribution >= 0.6 is 0 Å². The molecular formula is C19H33N3O3S. The Labute approximate surface area is 157 Å². The number of aliphatic imine (C=N–C) groups is 1. The first-order valence-electron chi connectivity index (χ1n) is 10.4. The van der Waals surface area contributed by atoms with Gasteiger partial charge in [0.05, 0.1) is 18.1 Å². The van der Waals surface area contributed by atoms with Crippen molar-refractivity contribution < 1.29 is 13.2 Å². The van der Waals surface area contributed by atoms with Gasteiger partial charge in [-0.1, -0.05) is 19.3 Å². The standard InChI is InChI=1S/C19H33N3O3S/c23-26(24)11-6-16(13-26)12-20-18(21-17-4-2-1-3-5-17)22-9-7-19(14-22)8-10-25-15-19/h16-17H,1-15H2,(H,20,21). The third-order valence-electron chi connectivity index (χ3n) is 6.69. The molecule has 1 spiro atoms. The maximum Gasteiger partial charge on any atom is 0.194 e. The first-order chi connectivity index (χ1) is 12.5. The summed E-state index contributed by atoms with van der Waals surface area (Å²) in [5.41, 5.74) is 0.311. The average molecular weight is 384 g/mol. The van der Waals surface area contributed by atoms with E-state index in [4.69, 9.17) is 9.73 Å². The molecule has 4 fully saturated rings. The molecule has 0 aromatic rings. The number of rotatable bonds is 3. The van der Waals surface area contributed by atoms with Crippen LogP contribution in [0.2, 0.25) is 0 Å². The minimum Gasteiger partial charge on any atom is -0.381 e. The SMILES string of the molecule is O=S1(=O)CCC(CN=C(NC2CCCCC2)N2CCC3(CCOC3)C2)C1. The van der Waals surface area contributed by atoms with Gasteiger partial charge in [0, 0.05) is 37.7 Å². The Morgan fingerprint density at radius 1 is 1.19 bits per heavy atom. The summed E-state index contributed by atoms with van der Waals surface area (Å²) >= 11 is 0. The van der Waals surface area contributed by atoms with Gasteiger partial charge < -0.3 is 15.0 Å². The van der Waals surface area contributed by atoms with Crippen molar-refractivity contribution in [3.63, 3.8) is 0 Å². The fourth-order valence-corrected chi connectivity index (χ4v) is 6.83. The Bertz CT molecular complexity index is 622. The van der Waals surface area contributed by atoms with E-state index in [1.54, 1.807) is 0 Å². The van der Waals surface area contributed by atoms with E-state index in [0.29, 0.717) is 29.5 Å². The van der Waals surface area contributed by atoms with E-state index in [9.17, 15) is 8.42 Å². The number of nitrogens with zero attached hydrogens (tertiary/aromatic N) is 2. The highest BCUT2D eigenvalue weighted by Crippen LogP contribution is 2.38. The van der Waals surface area contributed by atoms with Crippen molar-refractivity contribution in [2.24, 2.45) is 16.3 Å². The molecule has 1 N–H and O–H groups in total. The van der Waals surface area contributed by atoms with Gasteiger partial charge in [-0.3, -0.25) is 4.99 Å². The van der Waals surface area contributed by atoms with Crippen molar-refractivity contribution in [2.45, 2.75) is 57.4 Å². The van der Waals surface area contributed by atoms with E-state index < -0.39 is 9.84 Å². The Hall–Kier alpha value is -0.820. The Morgan fingerprint density at radius 3 is 2.73 bits per heavy atom. The zero-order valence-corrected chi connectivity index (χ0v) is 16.6. The number of hydrogen-bond donors (Lipinski definition) is 1. The highest BCUT2D eigenvalue weighted by atomic mass is 32.2. The average Bonchev–Trinajstić information content (AvgIpc) is 3.34. The lowest BCUT2D eigenvalue weighted by Gasteiger charge is -2.30. The van der Waals surface area contributed by atoms with Gasteiger partial charge in [-0.05, 0) is 38.0 Å². The topological polar surface area (TPSA) is 71.0 Å². The second-order valence-corrected chi connectivity index (χ2v) is 11.1. The van der Waals surface area contributed by atoms with Gasteiger partial charge in [0.1, 0.15) is 0 Å². The van der Waals surface area contributed by atoms with Crippen molar-refractivity contribution >= 4 is 15.8 Å². The van der Waals surface area contributed by atoms with Crippen molar-refractivity contribution in [1.29, 1.82) is 0 Å². The van der Waals surface area contributed by atoms with Gasteiger partial charge >= 0.3 is 0 Å². The summed E-state index contributed by atoms with van der Waals surface area (Å²) in [5, 5.41) is 3.73. The quantitative estimate of drug-likeness (QED) is 0.594. The summed E-state index contributed by atoms with van der Waals surface area (Å²) in [6.07, 6.45) is 9.47. The summed E-state index contributed by atoms with van der Waals surface area (Å²) < 4.78 is 29.2. The van der Waals surface area contributed by atoms with Gasteiger partial charge in [-0.15, -0.1) is 0 Å². The third-order valence-corrected chi connectivity index (χ3v) is 8.52. The van der Waals surface area contributed by atoms with E-state index >= 15 is 0 Å². The molecular weight excluding hydrogens is 350 g/mol. The molecule has 0 aromatic carbocycles. The van der Waals surface area contributed by atoms with E-state index in [0.717, 1.165) is 45.1 Å². The van der Waals surface area contributed by atoms with E-state index in [1.165, 1.54) is 38.5 Å². The molecule has 2 atom stereocenters. The molecule has 0 aromatic heterocycles. The van der Waals surface area contributed by atoms with Crippen LogP contribution in [0, 0.1) is 11.3 Å². The van der Waals surface area contributed by atoms with Crippen molar-refractivity contribution in [1.82, 2.24) is 10.2 Å². The lowest BCUT2D eigenvalue weighted by molar-refractivity contribution is 0.156.